The summed E-state index contributed by atoms with van der Waals surface area (Å²) in [7, 11) is -7.77. The van der Waals surface area contributed by atoms with Crippen LogP contribution in [-0.4, -0.2) is 16.8 Å². The number of rotatable bonds is 3. The lowest BCUT2D eigenvalue weighted by atomic mass is 9.75. The minimum atomic E-state index is -4.19. The Morgan fingerprint density at radius 2 is 1.91 bits per heavy atom. The van der Waals surface area contributed by atoms with Gasteiger partial charge in [0, 0.05) is 11.5 Å². The molecule has 0 amide bonds. The molecule has 2 atom stereocenters. The first-order chi connectivity index (χ1) is 10.7. The second kappa shape index (κ2) is 5.61. The highest BCUT2D eigenvalue weighted by atomic mass is 32.2. The lowest BCUT2D eigenvalue weighted by molar-refractivity contribution is 0.316. The van der Waals surface area contributed by atoms with E-state index < -0.39 is 20.1 Å². The summed E-state index contributed by atoms with van der Waals surface area (Å²) in [5.41, 5.74) is 1.47. The average molecular weight is 357 g/mol. The largest absolute Gasteiger partial charge is 0.380 e. The van der Waals surface area contributed by atoms with Crippen molar-refractivity contribution in [2.45, 2.75) is 37.5 Å². The first-order valence-corrected chi connectivity index (χ1v) is 10.5. The normalized spacial score (nSPS) is 26.4. The standard InChI is InChI=1S/C15H19NO5S2/c1-10-4-2-3-5-12(10)14-9-22(17,18)15-8-11(6-7-13(14)15)21-23(16,19)20/h6-10,12H,2-5H2,1H3,(H2,16,19,20). The molecule has 2 aliphatic rings. The fourth-order valence-corrected chi connectivity index (χ4v) is 5.43. The van der Waals surface area contributed by atoms with Gasteiger partial charge in [-0.3, -0.25) is 0 Å². The van der Waals surface area contributed by atoms with Gasteiger partial charge < -0.3 is 4.18 Å². The van der Waals surface area contributed by atoms with Gasteiger partial charge in [0.05, 0.1) is 4.90 Å². The van der Waals surface area contributed by atoms with Crippen LogP contribution in [0.1, 0.15) is 38.2 Å². The number of nitrogens with two attached hydrogens (primary N) is 1. The molecular weight excluding hydrogens is 338 g/mol. The van der Waals surface area contributed by atoms with E-state index in [0.717, 1.165) is 24.8 Å². The van der Waals surface area contributed by atoms with Crippen molar-refractivity contribution >= 4 is 25.7 Å². The Labute approximate surface area is 136 Å². The molecule has 2 unspecified atom stereocenters. The zero-order valence-corrected chi connectivity index (χ0v) is 14.4. The molecule has 23 heavy (non-hydrogen) atoms. The molecule has 0 saturated heterocycles. The molecule has 8 heteroatoms. The quantitative estimate of drug-likeness (QED) is 0.893. The molecule has 1 fully saturated rings. The molecule has 1 aromatic rings. The van der Waals surface area contributed by atoms with Gasteiger partial charge >= 0.3 is 10.3 Å². The summed E-state index contributed by atoms with van der Waals surface area (Å²) in [6.45, 7) is 2.15. The molecule has 1 heterocycles. The van der Waals surface area contributed by atoms with Crippen molar-refractivity contribution in [3.8, 4) is 5.75 Å². The smallest absolute Gasteiger partial charge is 0.371 e. The minimum absolute atomic E-state index is 0.0893. The van der Waals surface area contributed by atoms with E-state index in [-0.39, 0.29) is 16.6 Å². The van der Waals surface area contributed by atoms with E-state index in [4.69, 9.17) is 5.14 Å². The summed E-state index contributed by atoms with van der Waals surface area (Å²) in [5.74, 6) is 0.544. The van der Waals surface area contributed by atoms with Gasteiger partial charge in [-0.1, -0.05) is 26.2 Å². The summed E-state index contributed by atoms with van der Waals surface area (Å²) in [4.78, 5) is 0.0893. The highest BCUT2D eigenvalue weighted by molar-refractivity contribution is 7.95. The molecule has 2 N–H and O–H groups in total. The van der Waals surface area contributed by atoms with E-state index in [0.29, 0.717) is 11.5 Å². The second-order valence-electron chi connectivity index (χ2n) is 6.22. The zero-order chi connectivity index (χ0) is 16.8. The minimum Gasteiger partial charge on any atom is -0.371 e. The fourth-order valence-electron chi connectivity index (χ4n) is 3.52. The van der Waals surface area contributed by atoms with Crippen LogP contribution in [0.4, 0.5) is 0 Å². The van der Waals surface area contributed by atoms with Crippen molar-refractivity contribution in [3.63, 3.8) is 0 Å². The van der Waals surface area contributed by atoms with Crippen LogP contribution < -0.4 is 9.32 Å². The van der Waals surface area contributed by atoms with Crippen molar-refractivity contribution < 1.29 is 21.0 Å². The van der Waals surface area contributed by atoms with Crippen molar-refractivity contribution in [1.29, 1.82) is 0 Å². The number of sulfone groups is 1. The summed E-state index contributed by atoms with van der Waals surface area (Å²) < 4.78 is 51.4. The van der Waals surface area contributed by atoms with Crippen LogP contribution in [0.3, 0.4) is 0 Å². The number of benzene rings is 1. The summed E-state index contributed by atoms with van der Waals surface area (Å²) >= 11 is 0. The third-order valence-electron chi connectivity index (χ3n) is 4.58. The van der Waals surface area contributed by atoms with Crippen molar-refractivity contribution in [3.05, 3.63) is 29.2 Å². The first-order valence-electron chi connectivity index (χ1n) is 7.51. The van der Waals surface area contributed by atoms with Gasteiger partial charge in [-0.15, -0.1) is 0 Å². The maximum absolute atomic E-state index is 12.4. The molecule has 3 rings (SSSR count). The molecule has 0 radical (unpaired) electrons. The fraction of sp³-hybridized carbons (Fsp3) is 0.467. The van der Waals surface area contributed by atoms with Crippen LogP contribution in [0.5, 0.6) is 5.75 Å². The molecule has 0 aromatic heterocycles. The summed E-state index contributed by atoms with van der Waals surface area (Å²) in [6, 6.07) is 4.27. The Hall–Kier alpha value is -1.38. The van der Waals surface area contributed by atoms with Gasteiger partial charge in [0.1, 0.15) is 5.75 Å². The predicted molar refractivity (Wildman–Crippen MR) is 86.5 cm³/mol. The molecule has 126 valence electrons. The Balaban J connectivity index is 2.03. The van der Waals surface area contributed by atoms with E-state index >= 15 is 0 Å². The lowest BCUT2D eigenvalue weighted by Gasteiger charge is -2.30. The highest BCUT2D eigenvalue weighted by Crippen LogP contribution is 2.46. The van der Waals surface area contributed by atoms with Crippen molar-refractivity contribution in [2.24, 2.45) is 17.0 Å². The third-order valence-corrected chi connectivity index (χ3v) is 6.52. The molecule has 1 saturated carbocycles. The Morgan fingerprint density at radius 3 is 2.57 bits per heavy atom. The summed E-state index contributed by atoms with van der Waals surface area (Å²) in [6.07, 6.45) is 4.32. The number of fused-ring (bicyclic) bond motifs is 1. The average Bonchev–Trinajstić information content (AvgIpc) is 2.69. The van der Waals surface area contributed by atoms with E-state index in [1.165, 1.54) is 24.0 Å². The van der Waals surface area contributed by atoms with Crippen LogP contribution in [-0.2, 0) is 20.1 Å². The van der Waals surface area contributed by atoms with Gasteiger partial charge in [-0.05, 0) is 41.5 Å². The van der Waals surface area contributed by atoms with Gasteiger partial charge in [0.15, 0.2) is 0 Å². The summed E-state index contributed by atoms with van der Waals surface area (Å²) in [5, 5.41) is 6.15. The van der Waals surface area contributed by atoms with Crippen molar-refractivity contribution in [2.75, 3.05) is 0 Å². The van der Waals surface area contributed by atoms with Crippen LogP contribution in [0, 0.1) is 11.8 Å². The number of allylic oxidation sites excluding steroid dienone is 1. The first kappa shape index (κ1) is 16.5. The number of hydrogen-bond acceptors (Lipinski definition) is 5. The molecule has 1 aliphatic heterocycles. The van der Waals surface area contributed by atoms with E-state index in [2.05, 4.69) is 11.1 Å². The highest BCUT2D eigenvalue weighted by Gasteiger charge is 2.35. The van der Waals surface area contributed by atoms with Gasteiger partial charge in [0.25, 0.3) is 0 Å². The Bertz CT molecular complexity index is 871. The van der Waals surface area contributed by atoms with Gasteiger partial charge in [0.2, 0.25) is 9.84 Å². The van der Waals surface area contributed by atoms with Crippen LogP contribution >= 0.6 is 0 Å². The van der Waals surface area contributed by atoms with E-state index in [1.54, 1.807) is 6.07 Å². The zero-order valence-electron chi connectivity index (χ0n) is 12.7. The molecule has 6 nitrogen and oxygen atoms in total. The maximum atomic E-state index is 12.4. The molecule has 0 bridgehead atoms. The van der Waals surface area contributed by atoms with Gasteiger partial charge in [-0.2, -0.15) is 13.6 Å². The second-order valence-corrected chi connectivity index (χ2v) is 9.14. The van der Waals surface area contributed by atoms with E-state index in [1.807, 2.05) is 0 Å². The van der Waals surface area contributed by atoms with Crippen LogP contribution in [0.25, 0.3) is 5.57 Å². The lowest BCUT2D eigenvalue weighted by Crippen LogP contribution is -2.19. The molecule has 1 aromatic carbocycles. The van der Waals surface area contributed by atoms with Crippen molar-refractivity contribution in [1.82, 2.24) is 0 Å². The predicted octanol–water partition coefficient (Wildman–Crippen LogP) is 2.22. The maximum Gasteiger partial charge on any atom is 0.380 e. The Morgan fingerprint density at radius 1 is 1.22 bits per heavy atom. The molecular formula is C15H19NO5S2. The van der Waals surface area contributed by atoms with Crippen LogP contribution in [0.2, 0.25) is 0 Å². The monoisotopic (exact) mass is 357 g/mol. The molecule has 1 aliphatic carbocycles. The third kappa shape index (κ3) is 3.29. The number of hydrogen-bond donors (Lipinski definition) is 1. The SMILES string of the molecule is CC1CCCCC1C1=CS(=O)(=O)c2cc(OS(N)(=O)=O)ccc21. The van der Waals surface area contributed by atoms with Crippen LogP contribution in [0.15, 0.2) is 28.5 Å². The van der Waals surface area contributed by atoms with Gasteiger partial charge in [-0.25, -0.2) is 8.42 Å². The topological polar surface area (TPSA) is 104 Å². The molecule has 0 spiro atoms. The van der Waals surface area contributed by atoms with E-state index in [9.17, 15) is 16.8 Å². The Kier molecular flexibility index (Phi) is 4.02.